The van der Waals surface area contributed by atoms with Gasteiger partial charge in [-0.3, -0.25) is 0 Å². The van der Waals surface area contributed by atoms with Gasteiger partial charge in [-0.1, -0.05) is 30.3 Å². The van der Waals surface area contributed by atoms with Crippen molar-refractivity contribution in [1.82, 2.24) is 0 Å². The van der Waals surface area contributed by atoms with Gasteiger partial charge < -0.3 is 0 Å². The number of hydrogen-bond acceptors (Lipinski definition) is 4. The van der Waals surface area contributed by atoms with E-state index in [9.17, 15) is 4.79 Å². The summed E-state index contributed by atoms with van der Waals surface area (Å²) in [6.45, 7) is 0.336. The summed E-state index contributed by atoms with van der Waals surface area (Å²) in [7, 11) is 0. The lowest BCUT2D eigenvalue weighted by atomic mass is 10.1. The smallest absolute Gasteiger partial charge is 0.230 e. The Morgan fingerprint density at radius 3 is 2.64 bits per heavy atom. The third kappa shape index (κ3) is 3.04. The molecule has 0 aliphatic carbocycles. The molecular weight excluding hydrogens is 196 g/mol. The van der Waals surface area contributed by atoms with Crippen LogP contribution in [0.15, 0.2) is 40.3 Å². The maximum absolute atomic E-state index is 10.2. The second kappa shape index (κ2) is 5.95. The van der Waals surface area contributed by atoms with Gasteiger partial charge in [0.1, 0.15) is 6.04 Å². The molecule has 1 unspecified atom stereocenters. The summed E-state index contributed by atoms with van der Waals surface area (Å²) >= 11 is 4.45. The number of benzene rings is 1. The van der Waals surface area contributed by atoms with E-state index in [2.05, 4.69) is 27.4 Å². The van der Waals surface area contributed by atoms with Gasteiger partial charge >= 0.3 is 0 Å². The first kappa shape index (κ1) is 10.5. The van der Waals surface area contributed by atoms with E-state index in [1.807, 2.05) is 30.3 Å². The lowest BCUT2D eigenvalue weighted by molar-refractivity contribution is 0.558. The van der Waals surface area contributed by atoms with E-state index in [-0.39, 0.29) is 6.04 Å². The van der Waals surface area contributed by atoms with Crippen molar-refractivity contribution in [3.05, 3.63) is 35.9 Å². The van der Waals surface area contributed by atoms with E-state index in [0.29, 0.717) is 6.54 Å². The Balaban J connectivity index is 2.88. The van der Waals surface area contributed by atoms with Crippen LogP contribution in [0.25, 0.3) is 0 Å². The first-order valence-electron chi connectivity index (χ1n) is 4.04. The topological polar surface area (TPSA) is 41.8 Å². The molecule has 1 aromatic carbocycles. The quantitative estimate of drug-likeness (QED) is 0.428. The molecule has 0 heterocycles. The van der Waals surface area contributed by atoms with Crippen LogP contribution in [-0.4, -0.2) is 17.8 Å². The second-order valence-electron chi connectivity index (χ2n) is 2.58. The summed E-state index contributed by atoms with van der Waals surface area (Å²) in [5.74, 6) is 0. The Morgan fingerprint density at radius 1 is 1.36 bits per heavy atom. The normalized spacial score (nSPS) is 10.9. The molecule has 0 fully saturated rings. The van der Waals surface area contributed by atoms with Crippen LogP contribution in [0.1, 0.15) is 11.6 Å². The average molecular weight is 204 g/mol. The molecule has 0 aliphatic rings. The highest BCUT2D eigenvalue weighted by atomic mass is 32.1. The van der Waals surface area contributed by atoms with Gasteiger partial charge in [0.15, 0.2) is 0 Å². The molecule has 1 atom stereocenters. The maximum atomic E-state index is 10.2. The first-order chi connectivity index (χ1) is 6.88. The van der Waals surface area contributed by atoms with E-state index in [1.165, 1.54) is 6.08 Å². The molecular formula is C10H8N2OS. The summed E-state index contributed by atoms with van der Waals surface area (Å²) in [5, 5.41) is 2.24. The van der Waals surface area contributed by atoms with Crippen LogP contribution in [0.3, 0.4) is 0 Å². The third-order valence-corrected chi connectivity index (χ3v) is 1.85. The van der Waals surface area contributed by atoms with Gasteiger partial charge in [0.2, 0.25) is 6.08 Å². The lowest BCUT2D eigenvalue weighted by Crippen LogP contribution is -1.98. The number of isocyanates is 1. The van der Waals surface area contributed by atoms with Gasteiger partial charge in [0.25, 0.3) is 0 Å². The molecule has 0 aromatic heterocycles. The molecule has 70 valence electrons. The van der Waals surface area contributed by atoms with E-state index in [0.717, 1.165) is 5.56 Å². The van der Waals surface area contributed by atoms with Crippen molar-refractivity contribution >= 4 is 23.5 Å². The molecule has 0 aliphatic heterocycles. The molecule has 3 nitrogen and oxygen atoms in total. The van der Waals surface area contributed by atoms with Crippen LogP contribution in [0.2, 0.25) is 0 Å². The van der Waals surface area contributed by atoms with Gasteiger partial charge in [-0.25, -0.2) is 9.79 Å². The summed E-state index contributed by atoms with van der Waals surface area (Å²) < 4.78 is 0. The molecule has 0 bridgehead atoms. The van der Waals surface area contributed by atoms with Gasteiger partial charge in [0, 0.05) is 0 Å². The zero-order chi connectivity index (χ0) is 10.2. The fourth-order valence-corrected chi connectivity index (χ4v) is 1.16. The van der Waals surface area contributed by atoms with Gasteiger partial charge in [0.05, 0.1) is 11.7 Å². The molecule has 0 radical (unpaired) electrons. The average Bonchev–Trinajstić information content (AvgIpc) is 2.25. The van der Waals surface area contributed by atoms with Crippen molar-refractivity contribution in [2.75, 3.05) is 6.54 Å². The minimum atomic E-state index is -0.302. The summed E-state index contributed by atoms with van der Waals surface area (Å²) in [4.78, 5) is 17.6. The molecule has 1 rings (SSSR count). The van der Waals surface area contributed by atoms with E-state index in [1.54, 1.807) is 0 Å². The van der Waals surface area contributed by atoms with E-state index in [4.69, 9.17) is 0 Å². The zero-order valence-electron chi connectivity index (χ0n) is 7.38. The largest absolute Gasteiger partial charge is 0.235 e. The highest BCUT2D eigenvalue weighted by molar-refractivity contribution is 7.78. The van der Waals surface area contributed by atoms with Crippen LogP contribution in [-0.2, 0) is 4.79 Å². The first-order valence-corrected chi connectivity index (χ1v) is 4.45. The van der Waals surface area contributed by atoms with Crippen molar-refractivity contribution in [3.63, 3.8) is 0 Å². The fourth-order valence-electron chi connectivity index (χ4n) is 1.08. The molecule has 0 spiro atoms. The third-order valence-electron chi connectivity index (χ3n) is 1.72. The highest BCUT2D eigenvalue weighted by Gasteiger charge is 2.07. The molecule has 0 saturated carbocycles. The van der Waals surface area contributed by atoms with Gasteiger partial charge in [-0.2, -0.15) is 4.99 Å². The molecule has 0 N–H and O–H groups in total. The molecule has 0 saturated heterocycles. The number of hydrogen-bond donors (Lipinski definition) is 0. The van der Waals surface area contributed by atoms with Crippen molar-refractivity contribution in [2.45, 2.75) is 6.04 Å². The molecule has 4 heteroatoms. The predicted molar refractivity (Wildman–Crippen MR) is 57.2 cm³/mol. The minimum Gasteiger partial charge on any atom is -0.230 e. The van der Waals surface area contributed by atoms with Gasteiger partial charge in [-0.05, 0) is 17.8 Å². The van der Waals surface area contributed by atoms with E-state index >= 15 is 0 Å². The van der Waals surface area contributed by atoms with Crippen molar-refractivity contribution in [3.8, 4) is 0 Å². The molecule has 14 heavy (non-hydrogen) atoms. The lowest BCUT2D eigenvalue weighted by Gasteiger charge is -2.06. The minimum absolute atomic E-state index is 0.302. The summed E-state index contributed by atoms with van der Waals surface area (Å²) in [6, 6.07) is 9.11. The zero-order valence-corrected chi connectivity index (χ0v) is 8.20. The van der Waals surface area contributed by atoms with Crippen molar-refractivity contribution in [1.29, 1.82) is 0 Å². The molecule has 0 amide bonds. The Bertz CT molecular complexity index is 378. The van der Waals surface area contributed by atoms with E-state index < -0.39 is 0 Å². The monoisotopic (exact) mass is 204 g/mol. The summed E-state index contributed by atoms with van der Waals surface area (Å²) in [5.41, 5.74) is 0.921. The number of thiocarbonyl (C=S) groups is 1. The van der Waals surface area contributed by atoms with Crippen LogP contribution < -0.4 is 0 Å². The fraction of sp³-hybridized carbons (Fsp3) is 0.200. The number of nitrogens with zero attached hydrogens (tertiary/aromatic N) is 2. The number of rotatable bonds is 4. The standard InChI is InChI=1S/C10H8N2OS/c13-7-12-10(6-11-8-14)9-4-2-1-3-5-9/h1-5,10H,6H2. The van der Waals surface area contributed by atoms with Crippen molar-refractivity contribution < 1.29 is 4.79 Å². The SMILES string of the molecule is O=C=NC(CN=C=S)c1ccccc1. The number of aliphatic imine (C=N–C) groups is 2. The highest BCUT2D eigenvalue weighted by Crippen LogP contribution is 2.16. The molecule has 1 aromatic rings. The van der Waals surface area contributed by atoms with Gasteiger partial charge in [-0.15, -0.1) is 0 Å². The van der Waals surface area contributed by atoms with Crippen molar-refractivity contribution in [2.24, 2.45) is 9.98 Å². The van der Waals surface area contributed by atoms with Crippen LogP contribution in [0.4, 0.5) is 0 Å². The number of carbonyl (C=O) groups excluding carboxylic acids is 1. The number of isothiocyanates is 1. The maximum Gasteiger partial charge on any atom is 0.235 e. The van der Waals surface area contributed by atoms with Crippen LogP contribution >= 0.6 is 12.2 Å². The summed E-state index contributed by atoms with van der Waals surface area (Å²) in [6.07, 6.45) is 1.53. The second-order valence-corrected chi connectivity index (χ2v) is 2.76. The van der Waals surface area contributed by atoms with Crippen LogP contribution in [0.5, 0.6) is 0 Å². The van der Waals surface area contributed by atoms with Crippen LogP contribution in [0, 0.1) is 0 Å². The Morgan fingerprint density at radius 2 is 2.07 bits per heavy atom. The Labute approximate surface area is 87.2 Å². The Hall–Kier alpha value is -1.60. The Kier molecular flexibility index (Phi) is 4.45. The predicted octanol–water partition coefficient (Wildman–Crippen LogP) is 2.17.